The molecule has 0 aromatic carbocycles. The van der Waals surface area contributed by atoms with E-state index in [9.17, 15) is 4.79 Å². The highest BCUT2D eigenvalue weighted by molar-refractivity contribution is 7.99. The molecule has 0 aliphatic carbocycles. The fourth-order valence-electron chi connectivity index (χ4n) is 2.25. The first-order chi connectivity index (χ1) is 9.25. The number of carbonyl (C=O) groups excluding carboxylic acids is 1. The van der Waals surface area contributed by atoms with Gasteiger partial charge in [0.15, 0.2) is 5.16 Å². The minimum absolute atomic E-state index is 0.108. The van der Waals surface area contributed by atoms with Crippen LogP contribution in [0.4, 0.5) is 5.95 Å². The average molecular weight is 299 g/mol. The Kier molecular flexibility index (Phi) is 5.86. The first kappa shape index (κ1) is 16.8. The summed E-state index contributed by atoms with van der Waals surface area (Å²) >= 11 is 1.39. The van der Waals surface area contributed by atoms with Gasteiger partial charge < -0.3 is 10.6 Å². The van der Waals surface area contributed by atoms with Gasteiger partial charge in [-0.05, 0) is 41.5 Å². The lowest BCUT2D eigenvalue weighted by Crippen LogP contribution is -2.43. The number of hydrogen-bond donors (Lipinski definition) is 1. The van der Waals surface area contributed by atoms with Crippen LogP contribution in [0.1, 0.15) is 47.6 Å². The number of thioether (sulfide) groups is 1. The fraction of sp³-hybridized carbons (Fsp3) is 0.769. The number of carbonyl (C=O) groups is 1. The Morgan fingerprint density at radius 1 is 1.20 bits per heavy atom. The molecule has 6 nitrogen and oxygen atoms in total. The lowest BCUT2D eigenvalue weighted by molar-refractivity contribution is -0.131. The average Bonchev–Trinajstić information content (AvgIpc) is 2.66. The van der Waals surface area contributed by atoms with E-state index in [4.69, 9.17) is 5.73 Å². The minimum atomic E-state index is 0.108. The van der Waals surface area contributed by atoms with Crippen molar-refractivity contribution in [2.24, 2.45) is 0 Å². The summed E-state index contributed by atoms with van der Waals surface area (Å²) in [7, 11) is 0. The van der Waals surface area contributed by atoms with Crippen LogP contribution in [-0.4, -0.2) is 43.4 Å². The second kappa shape index (κ2) is 6.97. The Morgan fingerprint density at radius 2 is 1.75 bits per heavy atom. The zero-order chi connectivity index (χ0) is 15.4. The largest absolute Gasteiger partial charge is 0.368 e. The number of nitrogens with two attached hydrogens (primary N) is 1. The molecule has 1 amide bonds. The van der Waals surface area contributed by atoms with Crippen LogP contribution in [0.5, 0.6) is 0 Å². The zero-order valence-electron chi connectivity index (χ0n) is 13.1. The molecular weight excluding hydrogens is 274 g/mol. The van der Waals surface area contributed by atoms with E-state index in [0.29, 0.717) is 16.9 Å². The lowest BCUT2D eigenvalue weighted by atomic mass is 10.2. The normalized spacial score (nSPS) is 11.7. The molecule has 0 aliphatic heterocycles. The molecule has 1 heterocycles. The molecule has 0 fully saturated rings. The van der Waals surface area contributed by atoms with Crippen LogP contribution < -0.4 is 5.73 Å². The van der Waals surface area contributed by atoms with Gasteiger partial charge in [-0.25, -0.2) is 0 Å². The van der Waals surface area contributed by atoms with Gasteiger partial charge in [-0.2, -0.15) is 0 Å². The van der Waals surface area contributed by atoms with Gasteiger partial charge in [0.05, 0.1) is 5.75 Å². The van der Waals surface area contributed by atoms with Gasteiger partial charge in [-0.15, -0.1) is 10.2 Å². The Bertz CT molecular complexity index is 448. The van der Waals surface area contributed by atoms with Gasteiger partial charge in [0.1, 0.15) is 0 Å². The number of nitrogens with zero attached hydrogens (tertiary/aromatic N) is 4. The highest BCUT2D eigenvalue weighted by Crippen LogP contribution is 2.23. The fourth-order valence-corrected chi connectivity index (χ4v) is 3.19. The number of hydrogen-bond acceptors (Lipinski definition) is 5. The third kappa shape index (κ3) is 3.88. The molecule has 0 bridgehead atoms. The van der Waals surface area contributed by atoms with E-state index in [2.05, 4.69) is 10.2 Å². The van der Waals surface area contributed by atoms with E-state index in [0.717, 1.165) is 0 Å². The molecular formula is C13H25N5OS. The molecule has 114 valence electrons. The van der Waals surface area contributed by atoms with Gasteiger partial charge in [0.25, 0.3) is 0 Å². The quantitative estimate of drug-likeness (QED) is 0.815. The van der Waals surface area contributed by atoms with E-state index < -0.39 is 0 Å². The highest BCUT2D eigenvalue weighted by Gasteiger charge is 2.21. The van der Waals surface area contributed by atoms with E-state index in [1.54, 1.807) is 0 Å². The molecule has 0 saturated heterocycles. The number of anilines is 1. The first-order valence-corrected chi connectivity index (χ1v) is 7.88. The SMILES string of the molecule is CC(C)N(C(=O)CSc1nnc(N)n1C(C)C)C(C)C. The first-order valence-electron chi connectivity index (χ1n) is 6.90. The van der Waals surface area contributed by atoms with Gasteiger partial charge in [0.2, 0.25) is 11.9 Å². The van der Waals surface area contributed by atoms with Crippen LogP contribution in [0, 0.1) is 0 Å². The van der Waals surface area contributed by atoms with Crippen molar-refractivity contribution in [1.82, 2.24) is 19.7 Å². The van der Waals surface area contributed by atoms with Gasteiger partial charge >= 0.3 is 0 Å². The molecule has 1 aromatic rings. The van der Waals surface area contributed by atoms with Crippen molar-refractivity contribution >= 4 is 23.6 Å². The van der Waals surface area contributed by atoms with E-state index in [-0.39, 0.29) is 24.0 Å². The number of nitrogen functional groups attached to an aromatic ring is 1. The Balaban J connectivity index is 2.74. The molecule has 1 aromatic heterocycles. The highest BCUT2D eigenvalue weighted by atomic mass is 32.2. The van der Waals surface area contributed by atoms with Crippen molar-refractivity contribution in [2.45, 2.75) is 64.8 Å². The number of rotatable bonds is 6. The van der Waals surface area contributed by atoms with Crippen molar-refractivity contribution in [3.8, 4) is 0 Å². The number of aromatic nitrogens is 3. The second-order valence-corrected chi connectivity index (χ2v) is 6.52. The van der Waals surface area contributed by atoms with Crippen molar-refractivity contribution in [3.63, 3.8) is 0 Å². The molecule has 2 N–H and O–H groups in total. The van der Waals surface area contributed by atoms with Crippen molar-refractivity contribution in [3.05, 3.63) is 0 Å². The molecule has 0 aliphatic rings. The molecule has 0 spiro atoms. The molecule has 0 saturated carbocycles. The Hall–Kier alpha value is -1.24. The second-order valence-electron chi connectivity index (χ2n) is 5.58. The van der Waals surface area contributed by atoms with Gasteiger partial charge in [-0.1, -0.05) is 11.8 Å². The van der Waals surface area contributed by atoms with E-state index in [1.807, 2.05) is 51.0 Å². The standard InChI is InChI=1S/C13H25N5OS/c1-8(2)17(9(3)4)11(19)7-20-13-16-15-12(14)18(13)10(5)6/h8-10H,7H2,1-6H3,(H2,14,15). The maximum atomic E-state index is 12.3. The summed E-state index contributed by atoms with van der Waals surface area (Å²) in [6, 6.07) is 0.557. The predicted octanol–water partition coefficient (Wildman–Crippen LogP) is 2.18. The Labute approximate surface area is 125 Å². The monoisotopic (exact) mass is 299 g/mol. The third-order valence-electron chi connectivity index (χ3n) is 2.93. The molecule has 0 unspecified atom stereocenters. The Morgan fingerprint density at radius 3 is 2.20 bits per heavy atom. The summed E-state index contributed by atoms with van der Waals surface area (Å²) in [5.74, 6) is 0.845. The van der Waals surface area contributed by atoms with Crippen molar-refractivity contribution < 1.29 is 4.79 Å². The minimum Gasteiger partial charge on any atom is -0.368 e. The van der Waals surface area contributed by atoms with E-state index >= 15 is 0 Å². The van der Waals surface area contributed by atoms with Gasteiger partial charge in [0, 0.05) is 18.1 Å². The van der Waals surface area contributed by atoms with E-state index in [1.165, 1.54) is 11.8 Å². The summed E-state index contributed by atoms with van der Waals surface area (Å²) in [6.45, 7) is 12.1. The smallest absolute Gasteiger partial charge is 0.233 e. The summed E-state index contributed by atoms with van der Waals surface area (Å²) in [5, 5.41) is 8.61. The van der Waals surface area contributed by atoms with Crippen LogP contribution in [0.3, 0.4) is 0 Å². The summed E-state index contributed by atoms with van der Waals surface area (Å²) in [4.78, 5) is 14.2. The zero-order valence-corrected chi connectivity index (χ0v) is 13.9. The van der Waals surface area contributed by atoms with Crippen molar-refractivity contribution in [2.75, 3.05) is 11.5 Å². The summed E-state index contributed by atoms with van der Waals surface area (Å²) in [5.41, 5.74) is 5.79. The summed E-state index contributed by atoms with van der Waals surface area (Å²) in [6.07, 6.45) is 0. The lowest BCUT2D eigenvalue weighted by Gasteiger charge is -2.30. The van der Waals surface area contributed by atoms with Crippen LogP contribution in [0.15, 0.2) is 5.16 Å². The summed E-state index contributed by atoms with van der Waals surface area (Å²) < 4.78 is 1.84. The maximum absolute atomic E-state index is 12.3. The maximum Gasteiger partial charge on any atom is 0.233 e. The molecule has 0 radical (unpaired) electrons. The van der Waals surface area contributed by atoms with Crippen LogP contribution in [0.25, 0.3) is 0 Å². The molecule has 0 atom stereocenters. The van der Waals surface area contributed by atoms with Crippen LogP contribution in [0.2, 0.25) is 0 Å². The molecule has 1 rings (SSSR count). The molecule has 7 heteroatoms. The predicted molar refractivity (Wildman–Crippen MR) is 82.7 cm³/mol. The number of amides is 1. The third-order valence-corrected chi connectivity index (χ3v) is 3.86. The topological polar surface area (TPSA) is 77.0 Å². The van der Waals surface area contributed by atoms with Crippen molar-refractivity contribution in [1.29, 1.82) is 0 Å². The van der Waals surface area contributed by atoms with Gasteiger partial charge in [-0.3, -0.25) is 9.36 Å². The molecule has 20 heavy (non-hydrogen) atoms. The van der Waals surface area contributed by atoms with Crippen LogP contribution in [-0.2, 0) is 4.79 Å². The van der Waals surface area contributed by atoms with Crippen LogP contribution >= 0.6 is 11.8 Å².